The van der Waals surface area contributed by atoms with Crippen molar-refractivity contribution in [2.24, 2.45) is 5.73 Å². The molecule has 3 nitrogen and oxygen atoms in total. The molecule has 0 saturated heterocycles. The molecule has 0 bridgehead atoms. The van der Waals surface area contributed by atoms with Gasteiger partial charge in [0.15, 0.2) is 0 Å². The highest BCUT2D eigenvalue weighted by atomic mass is 19.1. The van der Waals surface area contributed by atoms with E-state index in [1.807, 2.05) is 0 Å². The summed E-state index contributed by atoms with van der Waals surface area (Å²) in [4.78, 5) is 11.2. The van der Waals surface area contributed by atoms with Crippen molar-refractivity contribution in [3.63, 3.8) is 0 Å². The third-order valence-electron chi connectivity index (χ3n) is 1.53. The van der Waals surface area contributed by atoms with Crippen LogP contribution in [0.5, 0.6) is 0 Å². The predicted octanol–water partition coefficient (Wildman–Crippen LogP) is 0.725. The summed E-state index contributed by atoms with van der Waals surface area (Å²) in [7, 11) is 0. The van der Waals surface area contributed by atoms with Crippen LogP contribution >= 0.6 is 0 Å². The first-order valence-electron chi connectivity index (χ1n) is 4.03. The van der Waals surface area contributed by atoms with E-state index in [0.717, 1.165) is 12.3 Å². The van der Waals surface area contributed by atoms with Crippen LogP contribution in [0.1, 0.15) is 13.8 Å². The first-order chi connectivity index (χ1) is 5.88. The molecular formula is C9H13FN2O. The van der Waals surface area contributed by atoms with Crippen LogP contribution in [0, 0.1) is 5.82 Å². The topological polar surface area (TPSA) is 48.0 Å². The highest BCUT2D eigenvalue weighted by Crippen LogP contribution is 2.00. The van der Waals surface area contributed by atoms with Crippen LogP contribution in [0.3, 0.4) is 0 Å². The molecule has 2 N–H and O–H groups in total. The van der Waals surface area contributed by atoms with E-state index in [0.29, 0.717) is 6.54 Å². The minimum atomic E-state index is -0.516. The lowest BCUT2D eigenvalue weighted by atomic mass is 10.1. The summed E-state index contributed by atoms with van der Waals surface area (Å²) in [6, 6.07) is 2.34. The van der Waals surface area contributed by atoms with Crippen LogP contribution in [-0.4, -0.2) is 10.1 Å². The van der Waals surface area contributed by atoms with E-state index < -0.39 is 11.4 Å². The molecule has 1 heterocycles. The van der Waals surface area contributed by atoms with Crippen molar-refractivity contribution in [1.29, 1.82) is 0 Å². The second kappa shape index (κ2) is 3.30. The molecule has 0 aliphatic rings. The average Bonchev–Trinajstić information content (AvgIpc) is 1.94. The molecular weight excluding hydrogens is 171 g/mol. The van der Waals surface area contributed by atoms with Crippen LogP contribution in [-0.2, 0) is 6.54 Å². The van der Waals surface area contributed by atoms with Crippen molar-refractivity contribution in [1.82, 2.24) is 4.57 Å². The Morgan fingerprint density at radius 2 is 2.15 bits per heavy atom. The molecule has 0 amide bonds. The first-order valence-corrected chi connectivity index (χ1v) is 4.03. The molecule has 0 fully saturated rings. The van der Waals surface area contributed by atoms with Gasteiger partial charge in [0, 0.05) is 24.3 Å². The Labute approximate surface area is 76.0 Å². The SMILES string of the molecule is CC(C)(N)Cn1cc(F)ccc1=O. The van der Waals surface area contributed by atoms with Gasteiger partial charge in [0.25, 0.3) is 5.56 Å². The normalized spacial score (nSPS) is 11.7. The molecule has 1 rings (SSSR count). The number of halogens is 1. The Bertz CT molecular complexity index is 351. The summed E-state index contributed by atoms with van der Waals surface area (Å²) in [5, 5.41) is 0. The molecule has 0 unspecified atom stereocenters. The zero-order chi connectivity index (χ0) is 10.1. The Hall–Kier alpha value is -1.16. The van der Waals surface area contributed by atoms with Gasteiger partial charge in [0.05, 0.1) is 0 Å². The Morgan fingerprint density at radius 3 is 2.69 bits per heavy atom. The summed E-state index contributed by atoms with van der Waals surface area (Å²) in [6.45, 7) is 3.87. The number of nitrogens with two attached hydrogens (primary N) is 1. The number of aromatic nitrogens is 1. The van der Waals surface area contributed by atoms with Crippen molar-refractivity contribution >= 4 is 0 Å². The average molecular weight is 184 g/mol. The second-order valence-corrected chi connectivity index (χ2v) is 3.80. The zero-order valence-electron chi connectivity index (χ0n) is 7.75. The molecule has 72 valence electrons. The minimum absolute atomic E-state index is 0.236. The van der Waals surface area contributed by atoms with Gasteiger partial charge in [-0.25, -0.2) is 4.39 Å². The fourth-order valence-electron chi connectivity index (χ4n) is 1.06. The van der Waals surface area contributed by atoms with Crippen LogP contribution in [0.25, 0.3) is 0 Å². The quantitative estimate of drug-likeness (QED) is 0.736. The molecule has 0 spiro atoms. The van der Waals surface area contributed by atoms with E-state index in [1.54, 1.807) is 13.8 Å². The minimum Gasteiger partial charge on any atom is -0.324 e. The summed E-state index contributed by atoms with van der Waals surface area (Å²) < 4.78 is 14.0. The van der Waals surface area contributed by atoms with Gasteiger partial charge in [0.1, 0.15) is 5.82 Å². The smallest absolute Gasteiger partial charge is 0.250 e. The predicted molar refractivity (Wildman–Crippen MR) is 48.9 cm³/mol. The second-order valence-electron chi connectivity index (χ2n) is 3.80. The van der Waals surface area contributed by atoms with Crippen LogP contribution in [0.2, 0.25) is 0 Å². The summed E-state index contributed by atoms with van der Waals surface area (Å²) in [6.07, 6.45) is 1.16. The number of hydrogen-bond acceptors (Lipinski definition) is 2. The molecule has 0 saturated carbocycles. The van der Waals surface area contributed by atoms with E-state index in [-0.39, 0.29) is 5.56 Å². The van der Waals surface area contributed by atoms with Crippen LogP contribution < -0.4 is 11.3 Å². The number of rotatable bonds is 2. The van der Waals surface area contributed by atoms with Gasteiger partial charge in [-0.15, -0.1) is 0 Å². The van der Waals surface area contributed by atoms with E-state index in [2.05, 4.69) is 0 Å². The van der Waals surface area contributed by atoms with Crippen molar-refractivity contribution in [3.8, 4) is 0 Å². The highest BCUT2D eigenvalue weighted by Gasteiger charge is 2.12. The monoisotopic (exact) mass is 184 g/mol. The maximum absolute atomic E-state index is 12.7. The maximum Gasteiger partial charge on any atom is 0.250 e. The fourth-order valence-corrected chi connectivity index (χ4v) is 1.06. The van der Waals surface area contributed by atoms with Gasteiger partial charge < -0.3 is 10.3 Å². The zero-order valence-corrected chi connectivity index (χ0v) is 7.75. The van der Waals surface area contributed by atoms with Gasteiger partial charge in [-0.3, -0.25) is 4.79 Å². The van der Waals surface area contributed by atoms with Gasteiger partial charge in [-0.05, 0) is 19.9 Å². The number of nitrogens with zero attached hydrogens (tertiary/aromatic N) is 1. The van der Waals surface area contributed by atoms with Crippen molar-refractivity contribution < 1.29 is 4.39 Å². The third kappa shape index (κ3) is 2.99. The van der Waals surface area contributed by atoms with E-state index in [9.17, 15) is 9.18 Å². The van der Waals surface area contributed by atoms with Crippen LogP contribution in [0.4, 0.5) is 4.39 Å². The van der Waals surface area contributed by atoms with E-state index >= 15 is 0 Å². The Kier molecular flexibility index (Phi) is 2.52. The van der Waals surface area contributed by atoms with Gasteiger partial charge in [-0.2, -0.15) is 0 Å². The van der Waals surface area contributed by atoms with Gasteiger partial charge in [-0.1, -0.05) is 0 Å². The molecule has 0 aliphatic heterocycles. The molecule has 4 heteroatoms. The lowest BCUT2D eigenvalue weighted by Crippen LogP contribution is -2.40. The Morgan fingerprint density at radius 1 is 1.54 bits per heavy atom. The van der Waals surface area contributed by atoms with Gasteiger partial charge >= 0.3 is 0 Å². The molecule has 1 aromatic rings. The van der Waals surface area contributed by atoms with Crippen molar-refractivity contribution in [3.05, 3.63) is 34.5 Å². The largest absolute Gasteiger partial charge is 0.324 e. The summed E-state index contributed by atoms with van der Waals surface area (Å²) in [5.74, 6) is -0.427. The molecule has 0 aromatic carbocycles. The van der Waals surface area contributed by atoms with E-state index in [4.69, 9.17) is 5.73 Å². The standard InChI is InChI=1S/C9H13FN2O/c1-9(2,11)6-12-5-7(10)3-4-8(12)13/h3-5H,6,11H2,1-2H3. The Balaban J connectivity index is 3.01. The molecule has 0 aliphatic carbocycles. The van der Waals surface area contributed by atoms with Gasteiger partial charge in [0.2, 0.25) is 0 Å². The summed E-state index contributed by atoms with van der Waals surface area (Å²) in [5.41, 5.74) is 4.95. The number of pyridine rings is 1. The van der Waals surface area contributed by atoms with Crippen LogP contribution in [0.15, 0.2) is 23.1 Å². The molecule has 13 heavy (non-hydrogen) atoms. The number of hydrogen-bond donors (Lipinski definition) is 1. The lowest BCUT2D eigenvalue weighted by Gasteiger charge is -2.19. The van der Waals surface area contributed by atoms with Crippen molar-refractivity contribution in [2.45, 2.75) is 25.9 Å². The molecule has 0 radical (unpaired) electrons. The molecule has 0 atom stereocenters. The lowest BCUT2D eigenvalue weighted by molar-refractivity contribution is 0.420. The van der Waals surface area contributed by atoms with Crippen molar-refractivity contribution in [2.75, 3.05) is 0 Å². The first kappa shape index (κ1) is 9.92. The van der Waals surface area contributed by atoms with E-state index in [1.165, 1.54) is 10.6 Å². The third-order valence-corrected chi connectivity index (χ3v) is 1.53. The maximum atomic E-state index is 12.7. The fraction of sp³-hybridized carbons (Fsp3) is 0.444. The summed E-state index contributed by atoms with van der Waals surface area (Å²) >= 11 is 0. The molecule has 1 aromatic heterocycles. The highest BCUT2D eigenvalue weighted by molar-refractivity contribution is 4.97.